The van der Waals surface area contributed by atoms with Gasteiger partial charge in [0.25, 0.3) is 0 Å². The van der Waals surface area contributed by atoms with E-state index in [0.29, 0.717) is 0 Å². The van der Waals surface area contributed by atoms with Gasteiger partial charge in [-0.3, -0.25) is 0 Å². The van der Waals surface area contributed by atoms with Gasteiger partial charge in [0.1, 0.15) is 0 Å². The molecule has 0 rings (SSSR count). The third-order valence-corrected chi connectivity index (χ3v) is 19.7. The number of thiol groups is 2. The van der Waals surface area contributed by atoms with E-state index in [1.165, 1.54) is 116 Å². The molecule has 7 heteroatoms. The zero-order chi connectivity index (χ0) is 33.4. The topological polar surface area (TPSA) is 52.6 Å². The summed E-state index contributed by atoms with van der Waals surface area (Å²) in [5, 5.41) is -0.881. The molecule has 268 valence electrons. The molecule has 0 aromatic carbocycles. The Balaban J connectivity index is 5.41. The van der Waals surface area contributed by atoms with Gasteiger partial charge < -0.3 is 0 Å². The van der Waals surface area contributed by atoms with Crippen LogP contribution in [0, 0.1) is 0 Å². The Labute approximate surface area is 297 Å². The van der Waals surface area contributed by atoms with Crippen LogP contribution in [0.5, 0.6) is 0 Å². The molecule has 0 aliphatic heterocycles. The zero-order valence-electron chi connectivity index (χ0n) is 30.4. The van der Waals surface area contributed by atoms with Crippen LogP contribution in [0.4, 0.5) is 0 Å². The van der Waals surface area contributed by atoms with Crippen molar-refractivity contribution in [2.75, 3.05) is 0 Å². The SMILES string of the molecule is CCCCCCCCCC(S)C(=O)[O][Sn]([CH2]CCCCCCC)([CH2]CCCCCCC)[O]C(=O)C(S)CCCCCCCCC. The van der Waals surface area contributed by atoms with E-state index < -0.39 is 29.7 Å². The van der Waals surface area contributed by atoms with Gasteiger partial charge in [-0.25, -0.2) is 0 Å². The van der Waals surface area contributed by atoms with Crippen molar-refractivity contribution in [1.29, 1.82) is 0 Å². The summed E-state index contributed by atoms with van der Waals surface area (Å²) in [5.41, 5.74) is 0. The summed E-state index contributed by atoms with van der Waals surface area (Å²) in [4.78, 5) is 27.1. The van der Waals surface area contributed by atoms with E-state index in [1.807, 2.05) is 0 Å². The molecule has 0 saturated heterocycles. The van der Waals surface area contributed by atoms with Crippen LogP contribution in [0.25, 0.3) is 0 Å². The first-order valence-corrected chi connectivity index (χ1v) is 27.1. The van der Waals surface area contributed by atoms with Crippen LogP contribution < -0.4 is 0 Å². The summed E-state index contributed by atoms with van der Waals surface area (Å²) in [5.74, 6) is -0.486. The molecule has 4 nitrogen and oxygen atoms in total. The Morgan fingerprint density at radius 1 is 0.422 bits per heavy atom. The fraction of sp³-hybridized carbons (Fsp3) is 0.947. The molecule has 0 spiro atoms. The molecule has 2 unspecified atom stereocenters. The predicted molar refractivity (Wildman–Crippen MR) is 205 cm³/mol. The minimum absolute atomic E-state index is 0.243. The van der Waals surface area contributed by atoms with Crippen LogP contribution >= 0.6 is 25.3 Å². The molecule has 0 aliphatic carbocycles. The Kier molecular flexibility index (Phi) is 33.3. The number of hydrogen-bond acceptors (Lipinski definition) is 6. The van der Waals surface area contributed by atoms with Crippen LogP contribution in [0.1, 0.15) is 207 Å². The molecule has 0 amide bonds. The van der Waals surface area contributed by atoms with Crippen molar-refractivity contribution in [3.05, 3.63) is 0 Å². The van der Waals surface area contributed by atoms with E-state index >= 15 is 0 Å². The summed E-state index contributed by atoms with van der Waals surface area (Å²) in [6.07, 6.45) is 32.4. The number of unbranched alkanes of at least 4 members (excludes halogenated alkanes) is 22. The molecule has 0 bridgehead atoms. The van der Waals surface area contributed by atoms with Crippen molar-refractivity contribution in [3.8, 4) is 0 Å². The van der Waals surface area contributed by atoms with Gasteiger partial charge in [0.2, 0.25) is 0 Å². The second kappa shape index (κ2) is 33.0. The molecular weight excluding hydrogens is 703 g/mol. The minimum atomic E-state index is -4.09. The van der Waals surface area contributed by atoms with Crippen molar-refractivity contribution < 1.29 is 15.7 Å². The molecule has 2 atom stereocenters. The van der Waals surface area contributed by atoms with Crippen LogP contribution in [0.3, 0.4) is 0 Å². The average Bonchev–Trinajstić information content (AvgIpc) is 3.03. The molecule has 0 aliphatic rings. The first-order chi connectivity index (χ1) is 21.9. The van der Waals surface area contributed by atoms with Crippen molar-refractivity contribution in [2.45, 2.75) is 227 Å². The van der Waals surface area contributed by atoms with Crippen LogP contribution in [0.15, 0.2) is 0 Å². The molecule has 0 heterocycles. The fourth-order valence-electron chi connectivity index (χ4n) is 6.03. The maximum absolute atomic E-state index is 13.5. The van der Waals surface area contributed by atoms with E-state index in [9.17, 15) is 9.59 Å². The average molecular weight is 780 g/mol. The second-order valence-electron chi connectivity index (χ2n) is 13.6. The first-order valence-electron chi connectivity index (χ1n) is 19.7. The number of hydrogen-bond donors (Lipinski definition) is 2. The number of rotatable bonds is 34. The van der Waals surface area contributed by atoms with E-state index in [2.05, 4.69) is 27.7 Å². The molecule has 0 fully saturated rings. The monoisotopic (exact) mass is 780 g/mol. The summed E-state index contributed by atoms with van der Waals surface area (Å²) < 4.78 is 14.5. The zero-order valence-corrected chi connectivity index (χ0v) is 35.0. The molecule has 0 aromatic heterocycles. The summed E-state index contributed by atoms with van der Waals surface area (Å²) >= 11 is 5.33. The Morgan fingerprint density at radius 2 is 0.667 bits per heavy atom. The van der Waals surface area contributed by atoms with Crippen molar-refractivity contribution in [2.24, 2.45) is 0 Å². The fourth-order valence-corrected chi connectivity index (χ4v) is 16.5. The Bertz CT molecular complexity index is 622. The van der Waals surface area contributed by atoms with Crippen molar-refractivity contribution in [1.82, 2.24) is 0 Å². The van der Waals surface area contributed by atoms with Gasteiger partial charge in [-0.2, -0.15) is 0 Å². The van der Waals surface area contributed by atoms with Gasteiger partial charge in [0, 0.05) is 0 Å². The van der Waals surface area contributed by atoms with Gasteiger partial charge >= 0.3 is 299 Å². The predicted octanol–water partition coefficient (Wildman–Crippen LogP) is 13.1. The first kappa shape index (κ1) is 45.4. The van der Waals surface area contributed by atoms with Gasteiger partial charge in [0.05, 0.1) is 0 Å². The third-order valence-electron chi connectivity index (χ3n) is 9.10. The number of carbonyl (C=O) groups is 2. The Hall–Kier alpha value is 0.439. The van der Waals surface area contributed by atoms with Crippen LogP contribution in [0.2, 0.25) is 8.87 Å². The van der Waals surface area contributed by atoms with E-state index in [1.54, 1.807) is 0 Å². The van der Waals surface area contributed by atoms with Gasteiger partial charge in [-0.15, -0.1) is 0 Å². The van der Waals surface area contributed by atoms with E-state index in [4.69, 9.17) is 31.4 Å². The quantitative estimate of drug-likeness (QED) is 0.0388. The summed E-state index contributed by atoms with van der Waals surface area (Å²) in [6, 6.07) is 0. The van der Waals surface area contributed by atoms with Crippen LogP contribution in [-0.4, -0.2) is 41.6 Å². The van der Waals surface area contributed by atoms with Crippen molar-refractivity contribution in [3.63, 3.8) is 0 Å². The summed E-state index contributed by atoms with van der Waals surface area (Å²) in [7, 11) is 0. The van der Waals surface area contributed by atoms with Crippen molar-refractivity contribution >= 4 is 56.4 Å². The third kappa shape index (κ3) is 27.0. The summed E-state index contributed by atoms with van der Waals surface area (Å²) in [6.45, 7) is 8.96. The normalized spacial score (nSPS) is 13.1. The van der Waals surface area contributed by atoms with E-state index in [-0.39, 0.29) is 11.9 Å². The molecule has 0 radical (unpaired) electrons. The number of carbonyl (C=O) groups excluding carboxylic acids is 2. The van der Waals surface area contributed by atoms with E-state index in [0.717, 1.165) is 73.1 Å². The standard InChI is InChI=1S/2C11H22O2S.2C8H17.Sn/c2*1-2-3-4-5-6-7-8-9-10(14)11(12)13;2*1-3-5-7-8-6-4-2;/h2*10,14H,2-9H2,1H3,(H,12,13);2*1,3-8H2,2H3;/q;;;;+2/p-2. The molecule has 0 N–H and O–H groups in total. The van der Waals surface area contributed by atoms with Gasteiger partial charge in [-0.05, 0) is 0 Å². The van der Waals surface area contributed by atoms with Crippen LogP contribution in [-0.2, 0) is 15.7 Å². The van der Waals surface area contributed by atoms with Gasteiger partial charge in [-0.1, -0.05) is 0 Å². The molecular formula is C38H76O4S2Sn. The van der Waals surface area contributed by atoms with Gasteiger partial charge in [0.15, 0.2) is 0 Å². The molecule has 45 heavy (non-hydrogen) atoms. The Morgan fingerprint density at radius 3 is 0.956 bits per heavy atom. The second-order valence-corrected chi connectivity index (χ2v) is 24.1. The molecule has 0 saturated carbocycles. The molecule has 0 aromatic rings. The maximum atomic E-state index is 13.5.